The van der Waals surface area contributed by atoms with E-state index in [1.54, 1.807) is 6.42 Å². The maximum absolute atomic E-state index is 3.88. The lowest BCUT2D eigenvalue weighted by Crippen LogP contribution is -2.26. The summed E-state index contributed by atoms with van der Waals surface area (Å²) in [5.41, 5.74) is 1.41. The molecule has 5 unspecified atom stereocenters. The van der Waals surface area contributed by atoms with Crippen LogP contribution in [0.2, 0.25) is 0 Å². The van der Waals surface area contributed by atoms with Crippen LogP contribution in [0.15, 0.2) is 28.7 Å². The molecule has 1 aromatic rings. The van der Waals surface area contributed by atoms with Gasteiger partial charge in [0.2, 0.25) is 0 Å². The molecule has 0 aromatic heterocycles. The summed E-state index contributed by atoms with van der Waals surface area (Å²) in [5, 5.41) is 3.88. The van der Waals surface area contributed by atoms with Crippen molar-refractivity contribution >= 4 is 15.9 Å². The number of rotatable bonds is 3. The van der Waals surface area contributed by atoms with E-state index in [1.165, 1.54) is 22.9 Å². The average Bonchev–Trinajstić information content (AvgIpc) is 2.78. The molecule has 96 valence electrons. The lowest BCUT2D eigenvalue weighted by atomic mass is 10.0. The van der Waals surface area contributed by atoms with Gasteiger partial charge in [-0.2, -0.15) is 0 Å². The van der Waals surface area contributed by atoms with Crippen LogP contribution in [0.3, 0.4) is 0 Å². The van der Waals surface area contributed by atoms with Crippen LogP contribution < -0.4 is 5.32 Å². The summed E-state index contributed by atoms with van der Waals surface area (Å²) in [6.45, 7) is 2.30. The molecule has 0 spiro atoms. The Kier molecular flexibility index (Phi) is 2.60. The molecular formula is C16H20BrN. The summed E-state index contributed by atoms with van der Waals surface area (Å²) >= 11 is 3.50. The van der Waals surface area contributed by atoms with Crippen molar-refractivity contribution in [1.82, 2.24) is 5.32 Å². The normalized spacial score (nSPS) is 41.8. The maximum Gasteiger partial charge on any atom is 0.0294 e. The molecule has 1 nitrogen and oxygen atoms in total. The molecule has 2 bridgehead atoms. The first-order valence-corrected chi connectivity index (χ1v) is 8.05. The predicted molar refractivity (Wildman–Crippen MR) is 77.3 cm³/mol. The number of hydrogen-bond donors (Lipinski definition) is 1. The minimum Gasteiger partial charge on any atom is -0.307 e. The third-order valence-corrected chi connectivity index (χ3v) is 6.08. The molecule has 3 aliphatic carbocycles. The molecule has 0 radical (unpaired) electrons. The zero-order chi connectivity index (χ0) is 12.3. The average molecular weight is 306 g/mol. The van der Waals surface area contributed by atoms with E-state index in [9.17, 15) is 0 Å². The molecule has 0 heterocycles. The highest BCUT2D eigenvalue weighted by molar-refractivity contribution is 9.10. The van der Waals surface area contributed by atoms with Gasteiger partial charge in [0.1, 0.15) is 0 Å². The molecule has 0 amide bonds. The van der Waals surface area contributed by atoms with Crippen molar-refractivity contribution in [2.24, 2.45) is 23.7 Å². The van der Waals surface area contributed by atoms with E-state index in [-0.39, 0.29) is 0 Å². The SMILES string of the molecule is CC(NC1C2C3CCC(C3)C12)c1ccc(Br)cc1. The second-order valence-corrected chi connectivity index (χ2v) is 7.37. The molecule has 3 saturated carbocycles. The zero-order valence-electron chi connectivity index (χ0n) is 10.8. The van der Waals surface area contributed by atoms with Gasteiger partial charge in [0, 0.05) is 16.6 Å². The fourth-order valence-corrected chi connectivity index (χ4v) is 4.95. The smallest absolute Gasteiger partial charge is 0.0294 e. The summed E-state index contributed by atoms with van der Waals surface area (Å²) in [6.07, 6.45) is 4.56. The molecular weight excluding hydrogens is 286 g/mol. The van der Waals surface area contributed by atoms with Crippen molar-refractivity contribution in [1.29, 1.82) is 0 Å². The van der Waals surface area contributed by atoms with Gasteiger partial charge in [-0.25, -0.2) is 0 Å². The van der Waals surface area contributed by atoms with E-state index in [0.29, 0.717) is 6.04 Å². The molecule has 1 N–H and O–H groups in total. The third-order valence-electron chi connectivity index (χ3n) is 5.55. The first-order chi connectivity index (χ1) is 8.74. The first-order valence-electron chi connectivity index (χ1n) is 7.25. The van der Waals surface area contributed by atoms with Crippen LogP contribution in [0.4, 0.5) is 0 Å². The molecule has 18 heavy (non-hydrogen) atoms. The summed E-state index contributed by atoms with van der Waals surface area (Å²) in [6, 6.07) is 10.1. The molecule has 5 atom stereocenters. The second-order valence-electron chi connectivity index (χ2n) is 6.45. The van der Waals surface area contributed by atoms with Gasteiger partial charge in [-0.05, 0) is 67.6 Å². The van der Waals surface area contributed by atoms with Crippen LogP contribution in [0.25, 0.3) is 0 Å². The van der Waals surface area contributed by atoms with Gasteiger partial charge >= 0.3 is 0 Å². The van der Waals surface area contributed by atoms with Crippen LogP contribution >= 0.6 is 15.9 Å². The van der Waals surface area contributed by atoms with E-state index in [4.69, 9.17) is 0 Å². The first kappa shape index (κ1) is 11.5. The van der Waals surface area contributed by atoms with Gasteiger partial charge in [-0.15, -0.1) is 0 Å². The molecule has 3 fully saturated rings. The quantitative estimate of drug-likeness (QED) is 0.885. The summed E-state index contributed by atoms with van der Waals surface area (Å²) in [5.74, 6) is 4.19. The lowest BCUT2D eigenvalue weighted by Gasteiger charge is -2.17. The highest BCUT2D eigenvalue weighted by Crippen LogP contribution is 2.65. The van der Waals surface area contributed by atoms with Crippen molar-refractivity contribution < 1.29 is 0 Å². The highest BCUT2D eigenvalue weighted by atomic mass is 79.9. The molecule has 1 aromatic carbocycles. The van der Waals surface area contributed by atoms with E-state index in [2.05, 4.69) is 52.4 Å². The van der Waals surface area contributed by atoms with E-state index < -0.39 is 0 Å². The topological polar surface area (TPSA) is 12.0 Å². The predicted octanol–water partition coefficient (Wildman–Crippen LogP) is 4.14. The number of benzene rings is 1. The molecule has 0 saturated heterocycles. The van der Waals surface area contributed by atoms with E-state index in [1.807, 2.05) is 0 Å². The summed E-state index contributed by atoms with van der Waals surface area (Å²) < 4.78 is 1.17. The van der Waals surface area contributed by atoms with Gasteiger partial charge in [-0.1, -0.05) is 28.1 Å². The fraction of sp³-hybridized carbons (Fsp3) is 0.625. The van der Waals surface area contributed by atoms with Gasteiger partial charge in [0.25, 0.3) is 0 Å². The van der Waals surface area contributed by atoms with Gasteiger partial charge < -0.3 is 5.32 Å². The number of hydrogen-bond acceptors (Lipinski definition) is 1. The highest BCUT2D eigenvalue weighted by Gasteiger charge is 2.64. The van der Waals surface area contributed by atoms with E-state index >= 15 is 0 Å². The molecule has 0 aliphatic heterocycles. The number of fused-ring (bicyclic) bond motifs is 5. The summed E-state index contributed by atoms with van der Waals surface area (Å²) in [7, 11) is 0. The van der Waals surface area contributed by atoms with Gasteiger partial charge in [0.05, 0.1) is 0 Å². The second kappa shape index (κ2) is 4.08. The zero-order valence-corrected chi connectivity index (χ0v) is 12.4. The molecule has 3 aliphatic rings. The Bertz CT molecular complexity index is 439. The van der Waals surface area contributed by atoms with Crippen LogP contribution in [0.5, 0.6) is 0 Å². The maximum atomic E-state index is 3.88. The van der Waals surface area contributed by atoms with Crippen molar-refractivity contribution in [3.63, 3.8) is 0 Å². The Balaban J connectivity index is 1.43. The lowest BCUT2D eigenvalue weighted by molar-refractivity contribution is 0.433. The van der Waals surface area contributed by atoms with E-state index in [0.717, 1.165) is 29.7 Å². The van der Waals surface area contributed by atoms with Crippen LogP contribution in [0.1, 0.15) is 37.8 Å². The van der Waals surface area contributed by atoms with Crippen LogP contribution in [-0.4, -0.2) is 6.04 Å². The van der Waals surface area contributed by atoms with Crippen molar-refractivity contribution in [3.8, 4) is 0 Å². The van der Waals surface area contributed by atoms with Crippen molar-refractivity contribution in [3.05, 3.63) is 34.3 Å². The van der Waals surface area contributed by atoms with Crippen LogP contribution in [-0.2, 0) is 0 Å². The fourth-order valence-electron chi connectivity index (χ4n) is 4.68. The van der Waals surface area contributed by atoms with Crippen molar-refractivity contribution in [2.45, 2.75) is 38.3 Å². The van der Waals surface area contributed by atoms with Crippen LogP contribution in [0, 0.1) is 23.7 Å². The largest absolute Gasteiger partial charge is 0.307 e. The third kappa shape index (κ3) is 1.69. The molecule has 2 heteroatoms. The Labute approximate surface area is 117 Å². The minimum absolute atomic E-state index is 0.494. The number of nitrogens with one attached hydrogen (secondary N) is 1. The van der Waals surface area contributed by atoms with Gasteiger partial charge in [0.15, 0.2) is 0 Å². The molecule has 4 rings (SSSR count). The Morgan fingerprint density at radius 3 is 2.33 bits per heavy atom. The Hall–Kier alpha value is -0.340. The minimum atomic E-state index is 0.494. The Morgan fingerprint density at radius 1 is 1.11 bits per heavy atom. The Morgan fingerprint density at radius 2 is 1.72 bits per heavy atom. The number of halogens is 1. The van der Waals surface area contributed by atoms with Crippen molar-refractivity contribution in [2.75, 3.05) is 0 Å². The van der Waals surface area contributed by atoms with Gasteiger partial charge in [-0.3, -0.25) is 0 Å². The summed E-state index contributed by atoms with van der Waals surface area (Å²) in [4.78, 5) is 0. The monoisotopic (exact) mass is 305 g/mol. The standard InChI is InChI=1S/C16H20BrN/c1-9(10-4-6-13(17)7-5-10)18-16-14-11-2-3-12(8-11)15(14)16/h4-7,9,11-12,14-16,18H,2-3,8H2,1H3.